The molecule has 1 fully saturated rings. The van der Waals surface area contributed by atoms with Crippen molar-refractivity contribution in [2.75, 3.05) is 19.7 Å². The summed E-state index contributed by atoms with van der Waals surface area (Å²) in [7, 11) is 0. The maximum atomic E-state index is 13.0. The van der Waals surface area contributed by atoms with Gasteiger partial charge < -0.3 is 25.0 Å². The number of likely N-dealkylation sites (tertiary alicyclic amines) is 1. The van der Waals surface area contributed by atoms with E-state index in [2.05, 4.69) is 20.9 Å². The number of hydrogen-bond donors (Lipinski definition) is 2. The summed E-state index contributed by atoms with van der Waals surface area (Å²) in [5, 5.41) is 14.6. The third-order valence-corrected chi connectivity index (χ3v) is 5.61. The van der Waals surface area contributed by atoms with Gasteiger partial charge in [0.2, 0.25) is 0 Å². The molecule has 1 saturated heterocycles. The Morgan fingerprint density at radius 1 is 1.34 bits per heavy atom. The van der Waals surface area contributed by atoms with Gasteiger partial charge in [-0.15, -0.1) is 5.10 Å². The number of nitrogens with zero attached hydrogens (tertiary/aromatic N) is 4. The van der Waals surface area contributed by atoms with Gasteiger partial charge in [0.15, 0.2) is 0 Å². The molecule has 0 radical (unpaired) electrons. The average molecular weight is 463 g/mol. The molecule has 11 heteroatoms. The van der Waals surface area contributed by atoms with Crippen molar-refractivity contribution in [1.29, 1.82) is 0 Å². The molecule has 4 bridgehead atoms. The lowest BCUT2D eigenvalue weighted by atomic mass is 10.1. The molecule has 10 nitrogen and oxygen atoms in total. The van der Waals surface area contributed by atoms with Gasteiger partial charge in [-0.1, -0.05) is 16.8 Å². The highest BCUT2D eigenvalue weighted by molar-refractivity contribution is 6.32. The minimum atomic E-state index is -0.391. The number of fused-ring (bicyclic) bond motifs is 5. The number of aromatic nitrogens is 3. The number of amides is 3. The molecule has 0 spiro atoms. The van der Waals surface area contributed by atoms with E-state index in [0.717, 1.165) is 0 Å². The Morgan fingerprint density at radius 2 is 2.19 bits per heavy atom. The van der Waals surface area contributed by atoms with Crippen molar-refractivity contribution in [3.8, 4) is 5.75 Å². The van der Waals surface area contributed by atoms with E-state index in [1.165, 1.54) is 0 Å². The van der Waals surface area contributed by atoms with Crippen LogP contribution in [0.3, 0.4) is 0 Å². The van der Waals surface area contributed by atoms with E-state index in [4.69, 9.17) is 21.1 Å². The minimum Gasteiger partial charge on any atom is -0.492 e. The summed E-state index contributed by atoms with van der Waals surface area (Å²) in [5.74, 6) is 0.164. The summed E-state index contributed by atoms with van der Waals surface area (Å²) in [5.41, 5.74) is 1.11. The molecule has 0 unspecified atom stereocenters. The lowest BCUT2D eigenvalue weighted by Crippen LogP contribution is -2.45. The van der Waals surface area contributed by atoms with Crippen molar-refractivity contribution in [2.24, 2.45) is 0 Å². The molecule has 0 aliphatic carbocycles. The Balaban J connectivity index is 1.57. The molecular weight excluding hydrogens is 436 g/mol. The van der Waals surface area contributed by atoms with Crippen molar-refractivity contribution < 1.29 is 19.1 Å². The fourth-order valence-electron chi connectivity index (χ4n) is 3.71. The normalized spacial score (nSPS) is 21.6. The monoisotopic (exact) mass is 462 g/mol. The largest absolute Gasteiger partial charge is 0.492 e. The summed E-state index contributed by atoms with van der Waals surface area (Å²) in [6.45, 7) is 5.76. The molecule has 3 amide bonds. The predicted octanol–water partition coefficient (Wildman–Crippen LogP) is 1.83. The Hall–Kier alpha value is -2.85. The van der Waals surface area contributed by atoms with Crippen molar-refractivity contribution in [2.45, 2.75) is 51.6 Å². The fraction of sp³-hybridized carbons (Fsp3) is 0.524. The van der Waals surface area contributed by atoms with Crippen molar-refractivity contribution in [3.05, 3.63) is 40.7 Å². The van der Waals surface area contributed by atoms with Crippen LogP contribution in [0.25, 0.3) is 0 Å². The summed E-state index contributed by atoms with van der Waals surface area (Å²) in [6.07, 6.45) is 2.13. The van der Waals surface area contributed by atoms with E-state index in [1.807, 2.05) is 20.0 Å². The van der Waals surface area contributed by atoms with E-state index < -0.39 is 6.10 Å². The zero-order chi connectivity index (χ0) is 22.7. The number of urea groups is 1. The van der Waals surface area contributed by atoms with Crippen molar-refractivity contribution in [1.82, 2.24) is 30.5 Å². The minimum absolute atomic E-state index is 0.00696. The van der Waals surface area contributed by atoms with E-state index in [9.17, 15) is 9.59 Å². The topological polar surface area (TPSA) is 111 Å². The molecule has 3 heterocycles. The van der Waals surface area contributed by atoms with Crippen LogP contribution in [-0.4, -0.2) is 69.7 Å². The first-order valence-corrected chi connectivity index (χ1v) is 11.1. The standard InChI is InChI=1S/C21H27ClN6O4/c1-13(2)23-21(30)27-10-17-19(11-27)32-12-15-9-28(26-25-15)6-3-7-31-18-8-14(20(29)24-17)4-5-16(18)22/h4-5,8-9,13,17,19H,3,6-7,10-12H2,1-2H3,(H,23,30)(H,24,29)/t17-,19-/m0/s1. The van der Waals surface area contributed by atoms with Gasteiger partial charge >= 0.3 is 6.03 Å². The Kier molecular flexibility index (Phi) is 6.80. The van der Waals surface area contributed by atoms with Gasteiger partial charge in [0.1, 0.15) is 11.4 Å². The second-order valence-electron chi connectivity index (χ2n) is 8.26. The molecule has 4 rings (SSSR count). The van der Waals surface area contributed by atoms with E-state index in [0.29, 0.717) is 54.7 Å². The maximum Gasteiger partial charge on any atom is 0.317 e. The highest BCUT2D eigenvalue weighted by Crippen LogP contribution is 2.26. The average Bonchev–Trinajstić information content (AvgIpc) is 3.36. The van der Waals surface area contributed by atoms with Gasteiger partial charge in [-0.2, -0.15) is 0 Å². The zero-order valence-corrected chi connectivity index (χ0v) is 18.8. The van der Waals surface area contributed by atoms with Crippen LogP contribution in [0.4, 0.5) is 4.79 Å². The van der Waals surface area contributed by atoms with Crippen LogP contribution in [0.1, 0.15) is 36.3 Å². The Bertz CT molecular complexity index is 981. The van der Waals surface area contributed by atoms with E-state index >= 15 is 0 Å². The number of benzene rings is 1. The van der Waals surface area contributed by atoms with Crippen LogP contribution in [0.5, 0.6) is 5.75 Å². The molecule has 0 saturated carbocycles. The number of nitrogens with one attached hydrogen (secondary N) is 2. The number of carbonyl (C=O) groups excluding carboxylic acids is 2. The molecular formula is C21H27ClN6O4. The van der Waals surface area contributed by atoms with Gasteiger partial charge in [0.05, 0.1) is 43.1 Å². The number of aryl methyl sites for hydroxylation is 1. The lowest BCUT2D eigenvalue weighted by molar-refractivity contribution is 0.0309. The molecule has 2 atom stereocenters. The predicted molar refractivity (Wildman–Crippen MR) is 117 cm³/mol. The molecule has 2 aliphatic rings. The highest BCUT2D eigenvalue weighted by Gasteiger charge is 2.37. The van der Waals surface area contributed by atoms with E-state index in [-0.39, 0.29) is 30.6 Å². The fourth-order valence-corrected chi connectivity index (χ4v) is 3.88. The number of rotatable bonds is 1. The van der Waals surface area contributed by atoms with Gasteiger partial charge in [0, 0.05) is 31.1 Å². The second-order valence-corrected chi connectivity index (χ2v) is 8.67. The number of halogens is 1. The molecule has 2 N–H and O–H groups in total. The smallest absolute Gasteiger partial charge is 0.317 e. The van der Waals surface area contributed by atoms with Gasteiger partial charge in [-0.05, 0) is 32.0 Å². The Labute approximate surface area is 191 Å². The van der Waals surface area contributed by atoms with Crippen LogP contribution in [-0.2, 0) is 17.9 Å². The summed E-state index contributed by atoms with van der Waals surface area (Å²) in [6, 6.07) is 4.35. The van der Waals surface area contributed by atoms with Crippen molar-refractivity contribution in [3.63, 3.8) is 0 Å². The lowest BCUT2D eigenvalue weighted by Gasteiger charge is -2.20. The zero-order valence-electron chi connectivity index (χ0n) is 18.1. The first-order chi connectivity index (χ1) is 15.4. The van der Waals surface area contributed by atoms with Gasteiger partial charge in [-0.25, -0.2) is 4.79 Å². The molecule has 32 heavy (non-hydrogen) atoms. The SMILES string of the molecule is CC(C)NC(=O)N1C[C@@H]2NC(=O)c3ccc(Cl)c(c3)OCCCn3cc(nn3)CO[C@H]2C1. The van der Waals surface area contributed by atoms with E-state index in [1.54, 1.807) is 27.8 Å². The highest BCUT2D eigenvalue weighted by atomic mass is 35.5. The van der Waals surface area contributed by atoms with Crippen molar-refractivity contribution >= 4 is 23.5 Å². The third kappa shape index (κ3) is 5.31. The molecule has 1 aromatic carbocycles. The molecule has 172 valence electrons. The molecule has 2 aromatic rings. The number of carbonyl (C=O) groups is 2. The van der Waals surface area contributed by atoms with Crippen LogP contribution in [0, 0.1) is 0 Å². The second kappa shape index (κ2) is 9.74. The summed E-state index contributed by atoms with van der Waals surface area (Å²) < 4.78 is 13.6. The molecule has 1 aromatic heterocycles. The van der Waals surface area contributed by atoms with Crippen LogP contribution in [0.15, 0.2) is 24.4 Å². The van der Waals surface area contributed by atoms with Crippen LogP contribution in [0.2, 0.25) is 5.02 Å². The maximum absolute atomic E-state index is 13.0. The first-order valence-electron chi connectivity index (χ1n) is 10.7. The third-order valence-electron chi connectivity index (χ3n) is 5.30. The Morgan fingerprint density at radius 3 is 3.00 bits per heavy atom. The quantitative estimate of drug-likeness (QED) is 0.669. The number of ether oxygens (including phenoxy) is 2. The summed E-state index contributed by atoms with van der Waals surface area (Å²) >= 11 is 6.24. The van der Waals surface area contributed by atoms with Crippen LogP contribution >= 0.6 is 11.6 Å². The number of hydrogen-bond acceptors (Lipinski definition) is 6. The van der Waals surface area contributed by atoms with Gasteiger partial charge in [0.25, 0.3) is 5.91 Å². The summed E-state index contributed by atoms with van der Waals surface area (Å²) in [4.78, 5) is 27.2. The van der Waals surface area contributed by atoms with Crippen LogP contribution < -0.4 is 15.4 Å². The molecule has 2 aliphatic heterocycles. The first kappa shape index (κ1) is 22.3. The van der Waals surface area contributed by atoms with Gasteiger partial charge in [-0.3, -0.25) is 9.48 Å².